The predicted molar refractivity (Wildman–Crippen MR) is 90.9 cm³/mol. The van der Waals surface area contributed by atoms with Crippen LogP contribution in [0.5, 0.6) is 0 Å². The molecule has 3 aromatic rings. The molecule has 0 saturated carbocycles. The van der Waals surface area contributed by atoms with Crippen LogP contribution in [0.15, 0.2) is 42.5 Å². The Morgan fingerprint density at radius 1 is 1.15 bits per heavy atom. The van der Waals surface area contributed by atoms with Gasteiger partial charge in [0, 0.05) is 23.2 Å². The van der Waals surface area contributed by atoms with E-state index in [1.807, 2.05) is 0 Å². The van der Waals surface area contributed by atoms with E-state index in [2.05, 4.69) is 20.7 Å². The fourth-order valence-corrected chi connectivity index (χ4v) is 2.80. The number of aryl methyl sites for hydroxylation is 1. The summed E-state index contributed by atoms with van der Waals surface area (Å²) in [6, 6.07) is 10.9. The van der Waals surface area contributed by atoms with Gasteiger partial charge >= 0.3 is 0 Å². The van der Waals surface area contributed by atoms with Crippen LogP contribution in [-0.2, 0) is 17.8 Å². The molecule has 0 fully saturated rings. The quantitative estimate of drug-likeness (QED) is 0.728. The fraction of sp³-hybridized carbons (Fsp3) is 0.167. The van der Waals surface area contributed by atoms with Crippen LogP contribution in [-0.4, -0.2) is 31.9 Å². The van der Waals surface area contributed by atoms with Crippen molar-refractivity contribution in [3.8, 4) is 11.4 Å². The highest BCUT2D eigenvalue weighted by atomic mass is 19.1. The lowest BCUT2D eigenvalue weighted by Gasteiger charge is -2.17. The van der Waals surface area contributed by atoms with Crippen LogP contribution in [0.1, 0.15) is 22.3 Å². The normalized spacial score (nSPS) is 13.2. The van der Waals surface area contributed by atoms with Crippen molar-refractivity contribution >= 4 is 17.4 Å². The molecule has 0 spiro atoms. The van der Waals surface area contributed by atoms with Gasteiger partial charge in [-0.05, 0) is 59.7 Å². The Balaban J connectivity index is 1.50. The number of halogens is 1. The first-order valence-corrected chi connectivity index (χ1v) is 8.08. The molecule has 26 heavy (non-hydrogen) atoms. The number of hydrogen-bond acceptors (Lipinski definition) is 5. The molecule has 0 atom stereocenters. The Morgan fingerprint density at radius 3 is 2.77 bits per heavy atom. The number of Topliss-reactive ketones (excluding diaryl/α,β-unsaturated/α-hetero) is 1. The van der Waals surface area contributed by atoms with E-state index in [0.29, 0.717) is 29.8 Å². The van der Waals surface area contributed by atoms with Gasteiger partial charge in [0.15, 0.2) is 5.78 Å². The molecular formula is C18H14FN5O2. The summed E-state index contributed by atoms with van der Waals surface area (Å²) in [5, 5.41) is 14.7. The van der Waals surface area contributed by atoms with Crippen LogP contribution in [0, 0.1) is 5.82 Å². The van der Waals surface area contributed by atoms with Gasteiger partial charge in [-0.2, -0.15) is 4.80 Å². The molecule has 0 bridgehead atoms. The third-order valence-electron chi connectivity index (χ3n) is 4.16. The average molecular weight is 351 g/mol. The van der Waals surface area contributed by atoms with Crippen molar-refractivity contribution in [3.63, 3.8) is 0 Å². The van der Waals surface area contributed by atoms with E-state index in [-0.39, 0.29) is 24.1 Å². The highest BCUT2D eigenvalue weighted by molar-refractivity contribution is 5.98. The molecule has 1 aromatic heterocycles. The first-order chi connectivity index (χ1) is 12.6. The van der Waals surface area contributed by atoms with E-state index < -0.39 is 0 Å². The molecular weight excluding hydrogens is 337 g/mol. The third-order valence-corrected chi connectivity index (χ3v) is 4.16. The zero-order valence-electron chi connectivity index (χ0n) is 13.6. The Morgan fingerprint density at radius 2 is 1.96 bits per heavy atom. The minimum absolute atomic E-state index is 0.0169. The molecule has 0 saturated heterocycles. The van der Waals surface area contributed by atoms with Crippen LogP contribution in [0.4, 0.5) is 10.1 Å². The van der Waals surface area contributed by atoms with Gasteiger partial charge in [-0.15, -0.1) is 10.2 Å². The van der Waals surface area contributed by atoms with Crippen molar-refractivity contribution in [1.29, 1.82) is 0 Å². The Labute approximate surface area is 147 Å². The fourth-order valence-electron chi connectivity index (χ4n) is 2.80. The lowest BCUT2D eigenvalue weighted by molar-refractivity contribution is -0.116. The van der Waals surface area contributed by atoms with Crippen molar-refractivity contribution in [1.82, 2.24) is 20.2 Å². The molecule has 8 heteroatoms. The molecule has 7 nitrogen and oxygen atoms in total. The molecule has 1 N–H and O–H groups in total. The number of carbonyl (C=O) groups is 2. The number of nitrogens with one attached hydrogen (secondary N) is 1. The summed E-state index contributed by atoms with van der Waals surface area (Å²) >= 11 is 0. The molecule has 1 amide bonds. The first-order valence-electron chi connectivity index (χ1n) is 8.08. The number of hydrogen-bond donors (Lipinski definition) is 1. The van der Waals surface area contributed by atoms with Crippen LogP contribution in [0.2, 0.25) is 0 Å². The van der Waals surface area contributed by atoms with Crippen molar-refractivity contribution in [2.24, 2.45) is 0 Å². The number of ketones is 1. The highest BCUT2D eigenvalue weighted by Crippen LogP contribution is 2.24. The minimum atomic E-state index is -0.347. The minimum Gasteiger partial charge on any atom is -0.326 e. The van der Waals surface area contributed by atoms with Crippen molar-refractivity contribution < 1.29 is 14.0 Å². The predicted octanol–water partition coefficient (Wildman–Crippen LogP) is 2.25. The molecule has 0 radical (unpaired) electrons. The van der Waals surface area contributed by atoms with Crippen LogP contribution >= 0.6 is 0 Å². The zero-order chi connectivity index (χ0) is 18.1. The van der Waals surface area contributed by atoms with Gasteiger partial charge in [0.1, 0.15) is 12.4 Å². The topological polar surface area (TPSA) is 89.8 Å². The van der Waals surface area contributed by atoms with Crippen LogP contribution < -0.4 is 5.32 Å². The maximum absolute atomic E-state index is 13.0. The number of amides is 1. The van der Waals surface area contributed by atoms with E-state index in [9.17, 15) is 14.0 Å². The molecule has 0 aliphatic carbocycles. The number of anilines is 1. The lowest BCUT2D eigenvalue weighted by atomic mass is 9.99. The SMILES string of the molecule is O=C1CCc2cc(C(=O)Cn3nnc(-c4ccc(F)cc4)n3)ccc2N1. The summed E-state index contributed by atoms with van der Waals surface area (Å²) in [4.78, 5) is 25.1. The molecule has 130 valence electrons. The number of fused-ring (bicyclic) bond motifs is 1. The number of tetrazole rings is 1. The molecule has 1 aliphatic heterocycles. The maximum Gasteiger partial charge on any atom is 0.224 e. The van der Waals surface area contributed by atoms with E-state index in [0.717, 1.165) is 11.3 Å². The third kappa shape index (κ3) is 3.21. The second-order valence-electron chi connectivity index (χ2n) is 5.99. The van der Waals surface area contributed by atoms with Gasteiger partial charge in [-0.25, -0.2) is 4.39 Å². The Bertz CT molecular complexity index is 997. The summed E-state index contributed by atoms with van der Waals surface area (Å²) in [5.41, 5.74) is 2.83. The van der Waals surface area contributed by atoms with Gasteiger partial charge < -0.3 is 5.32 Å². The highest BCUT2D eigenvalue weighted by Gasteiger charge is 2.17. The van der Waals surface area contributed by atoms with Gasteiger partial charge in [-0.1, -0.05) is 0 Å². The monoisotopic (exact) mass is 351 g/mol. The average Bonchev–Trinajstić information content (AvgIpc) is 3.10. The lowest BCUT2D eigenvalue weighted by Crippen LogP contribution is -2.20. The van der Waals surface area contributed by atoms with Gasteiger partial charge in [0.05, 0.1) is 0 Å². The summed E-state index contributed by atoms with van der Waals surface area (Å²) < 4.78 is 13.0. The summed E-state index contributed by atoms with van der Waals surface area (Å²) in [7, 11) is 0. The van der Waals surface area contributed by atoms with Crippen LogP contribution in [0.25, 0.3) is 11.4 Å². The number of benzene rings is 2. The molecule has 0 unspecified atom stereocenters. The second kappa shape index (κ2) is 6.47. The first kappa shape index (κ1) is 16.1. The summed E-state index contributed by atoms with van der Waals surface area (Å²) in [5.74, 6) is -0.199. The van der Waals surface area contributed by atoms with Gasteiger partial charge in [-0.3, -0.25) is 9.59 Å². The summed E-state index contributed by atoms with van der Waals surface area (Å²) in [6.07, 6.45) is 1.02. The smallest absolute Gasteiger partial charge is 0.224 e. The molecule has 2 heterocycles. The van der Waals surface area contributed by atoms with Crippen molar-refractivity contribution in [2.45, 2.75) is 19.4 Å². The van der Waals surface area contributed by atoms with Crippen molar-refractivity contribution in [2.75, 3.05) is 5.32 Å². The Kier molecular flexibility index (Phi) is 4.00. The summed E-state index contributed by atoms with van der Waals surface area (Å²) in [6.45, 7) is -0.0562. The number of carbonyl (C=O) groups excluding carboxylic acids is 2. The van der Waals surface area contributed by atoms with Gasteiger partial charge in [0.25, 0.3) is 0 Å². The van der Waals surface area contributed by atoms with E-state index in [1.54, 1.807) is 30.3 Å². The number of rotatable bonds is 4. The molecule has 2 aromatic carbocycles. The van der Waals surface area contributed by atoms with Crippen LogP contribution in [0.3, 0.4) is 0 Å². The largest absolute Gasteiger partial charge is 0.326 e. The van der Waals surface area contributed by atoms with E-state index in [1.165, 1.54) is 16.9 Å². The van der Waals surface area contributed by atoms with Crippen molar-refractivity contribution in [3.05, 3.63) is 59.4 Å². The molecule has 1 aliphatic rings. The zero-order valence-corrected chi connectivity index (χ0v) is 13.6. The van der Waals surface area contributed by atoms with E-state index >= 15 is 0 Å². The molecule has 4 rings (SSSR count). The maximum atomic E-state index is 13.0. The Hall–Kier alpha value is -3.42. The van der Waals surface area contributed by atoms with E-state index in [4.69, 9.17) is 0 Å². The van der Waals surface area contributed by atoms with Gasteiger partial charge in [0.2, 0.25) is 11.7 Å². The number of nitrogens with zero attached hydrogens (tertiary/aromatic N) is 4. The number of aromatic nitrogens is 4. The standard InChI is InChI=1S/C18H14FN5O2/c19-14-5-1-11(2-6-14)18-21-23-24(22-18)10-16(25)13-3-7-15-12(9-13)4-8-17(26)20-15/h1-3,5-7,9H,4,8,10H2,(H,20,26). The second-order valence-corrected chi connectivity index (χ2v) is 5.99.